The number of carbonyl (C=O) groups is 1. The molecule has 0 bridgehead atoms. The molecule has 0 saturated carbocycles. The number of carbonyl (C=O) groups excluding carboxylic acids is 1. The van der Waals surface area contributed by atoms with Crippen LogP contribution in [0, 0.1) is 0 Å². The lowest BCUT2D eigenvalue weighted by Crippen LogP contribution is -2.45. The fourth-order valence-electron chi connectivity index (χ4n) is 7.06. The van der Waals surface area contributed by atoms with Crippen LogP contribution in [0.3, 0.4) is 0 Å². The number of amides is 1. The number of hydrogen-bond acceptors (Lipinski definition) is 3. The Labute approximate surface area is 307 Å². The third-order valence-electron chi connectivity index (χ3n) is 10.5. The molecule has 2 atom stereocenters. The summed E-state index contributed by atoms with van der Waals surface area (Å²) in [6.45, 7) is 4.33. The van der Waals surface area contributed by atoms with Gasteiger partial charge in [0, 0.05) is 6.42 Å². The minimum atomic E-state index is -0.833. The lowest BCUT2D eigenvalue weighted by atomic mass is 10.0. The van der Waals surface area contributed by atoms with E-state index in [1.807, 2.05) is 6.08 Å². The lowest BCUT2D eigenvalue weighted by Gasteiger charge is -2.20. The summed E-state index contributed by atoms with van der Waals surface area (Å²) in [5, 5.41) is 23.0. The number of aliphatic hydroxyl groups is 2. The monoisotopic (exact) mass is 692 g/mol. The maximum Gasteiger partial charge on any atom is 0.220 e. The second-order valence-electron chi connectivity index (χ2n) is 15.5. The van der Waals surface area contributed by atoms with E-state index in [1.54, 1.807) is 6.08 Å². The third-order valence-corrected chi connectivity index (χ3v) is 10.5. The summed E-state index contributed by atoms with van der Waals surface area (Å²) < 4.78 is 0. The third kappa shape index (κ3) is 38.2. The van der Waals surface area contributed by atoms with Crippen LogP contribution in [0.4, 0.5) is 0 Å². The highest BCUT2D eigenvalue weighted by molar-refractivity contribution is 5.76. The second-order valence-corrected chi connectivity index (χ2v) is 15.5. The lowest BCUT2D eigenvalue weighted by molar-refractivity contribution is -0.123. The Kier molecular flexibility index (Phi) is 40.8. The molecule has 4 heteroatoms. The summed E-state index contributed by atoms with van der Waals surface area (Å²) in [6.07, 6.45) is 51.8. The summed E-state index contributed by atoms with van der Waals surface area (Å²) in [5.41, 5.74) is 0. The molecule has 49 heavy (non-hydrogen) atoms. The van der Waals surface area contributed by atoms with Gasteiger partial charge in [0.2, 0.25) is 5.91 Å². The number of nitrogens with one attached hydrogen (secondary N) is 1. The van der Waals surface area contributed by atoms with Crippen LogP contribution in [0.2, 0.25) is 0 Å². The zero-order chi connectivity index (χ0) is 35.7. The van der Waals surface area contributed by atoms with Gasteiger partial charge in [-0.15, -0.1) is 0 Å². The number of aliphatic hydroxyl groups excluding tert-OH is 2. The van der Waals surface area contributed by atoms with Crippen molar-refractivity contribution in [2.24, 2.45) is 0 Å². The molecule has 0 aromatic heterocycles. The van der Waals surface area contributed by atoms with Crippen LogP contribution in [0.5, 0.6) is 0 Å². The number of rotatable bonds is 41. The van der Waals surface area contributed by atoms with Crippen molar-refractivity contribution in [1.29, 1.82) is 0 Å². The molecule has 2 unspecified atom stereocenters. The van der Waals surface area contributed by atoms with Crippen molar-refractivity contribution in [3.8, 4) is 0 Å². The van der Waals surface area contributed by atoms with Gasteiger partial charge in [0.1, 0.15) is 0 Å². The van der Waals surface area contributed by atoms with Gasteiger partial charge in [-0.2, -0.15) is 0 Å². The Balaban J connectivity index is 3.52. The molecule has 3 N–H and O–H groups in total. The number of unbranched alkanes of at least 4 members (excludes halogenated alkanes) is 34. The average molecular weight is 692 g/mol. The first kappa shape index (κ1) is 48.1. The molecule has 0 rings (SSSR count). The molecule has 0 radical (unpaired) electrons. The Morgan fingerprint density at radius 1 is 0.469 bits per heavy atom. The van der Waals surface area contributed by atoms with Gasteiger partial charge in [0.15, 0.2) is 0 Å². The molecule has 1 amide bonds. The topological polar surface area (TPSA) is 69.6 Å². The summed E-state index contributed by atoms with van der Waals surface area (Å²) >= 11 is 0. The van der Waals surface area contributed by atoms with E-state index < -0.39 is 12.1 Å². The van der Waals surface area contributed by atoms with Crippen molar-refractivity contribution in [3.63, 3.8) is 0 Å². The molecule has 0 aromatic carbocycles. The normalized spacial score (nSPS) is 13.0. The predicted octanol–water partition coefficient (Wildman–Crippen LogP) is 13.9. The number of allylic oxidation sites excluding steroid dienone is 1. The molecule has 0 aliphatic rings. The quantitative estimate of drug-likeness (QED) is 0.0441. The fraction of sp³-hybridized carbons (Fsp3) is 0.933. The Morgan fingerprint density at radius 2 is 0.755 bits per heavy atom. The van der Waals surface area contributed by atoms with Crippen LogP contribution in [0.1, 0.15) is 251 Å². The SMILES string of the molecule is CCCCCCCCCCCCCCCCCCCC/C=C/C(O)C(CO)NC(=O)CCCCCCCCCCCCCCCCCCC. The second kappa shape index (κ2) is 41.5. The highest BCUT2D eigenvalue weighted by atomic mass is 16.3. The van der Waals surface area contributed by atoms with Crippen molar-refractivity contribution in [2.45, 2.75) is 264 Å². The molecule has 4 nitrogen and oxygen atoms in total. The molecule has 292 valence electrons. The molecule has 0 saturated heterocycles. The van der Waals surface area contributed by atoms with Gasteiger partial charge in [-0.05, 0) is 19.3 Å². The molecule has 0 fully saturated rings. The summed E-state index contributed by atoms with van der Waals surface area (Å²) in [5.74, 6) is -0.0593. The summed E-state index contributed by atoms with van der Waals surface area (Å²) in [7, 11) is 0. The van der Waals surface area contributed by atoms with Gasteiger partial charge in [-0.3, -0.25) is 4.79 Å². The smallest absolute Gasteiger partial charge is 0.220 e. The van der Waals surface area contributed by atoms with Crippen LogP contribution in [-0.2, 0) is 4.79 Å². The highest BCUT2D eigenvalue weighted by Crippen LogP contribution is 2.16. The van der Waals surface area contributed by atoms with E-state index in [0.29, 0.717) is 6.42 Å². The minimum Gasteiger partial charge on any atom is -0.394 e. The van der Waals surface area contributed by atoms with Crippen LogP contribution >= 0.6 is 0 Å². The van der Waals surface area contributed by atoms with E-state index in [-0.39, 0.29) is 12.5 Å². The molecule has 0 heterocycles. The van der Waals surface area contributed by atoms with Gasteiger partial charge < -0.3 is 15.5 Å². The van der Waals surface area contributed by atoms with E-state index in [0.717, 1.165) is 25.7 Å². The first-order valence-corrected chi connectivity index (χ1v) is 22.4. The average Bonchev–Trinajstić information content (AvgIpc) is 3.10. The van der Waals surface area contributed by atoms with Crippen molar-refractivity contribution in [2.75, 3.05) is 6.61 Å². The molecule has 0 aliphatic carbocycles. The van der Waals surface area contributed by atoms with Gasteiger partial charge in [0.25, 0.3) is 0 Å². The van der Waals surface area contributed by atoms with Crippen molar-refractivity contribution in [1.82, 2.24) is 5.32 Å². The van der Waals surface area contributed by atoms with Crippen molar-refractivity contribution >= 4 is 5.91 Å². The van der Waals surface area contributed by atoms with Crippen LogP contribution in [0.25, 0.3) is 0 Å². The van der Waals surface area contributed by atoms with Crippen LogP contribution < -0.4 is 5.32 Å². The first-order valence-electron chi connectivity index (χ1n) is 22.4. The van der Waals surface area contributed by atoms with E-state index in [1.165, 1.54) is 205 Å². The fourth-order valence-corrected chi connectivity index (χ4v) is 7.06. The van der Waals surface area contributed by atoms with Crippen LogP contribution in [-0.4, -0.2) is 34.9 Å². The van der Waals surface area contributed by atoms with Gasteiger partial charge in [-0.25, -0.2) is 0 Å². The van der Waals surface area contributed by atoms with Crippen molar-refractivity contribution in [3.05, 3.63) is 12.2 Å². The molecular weight excluding hydrogens is 602 g/mol. The van der Waals surface area contributed by atoms with E-state index in [2.05, 4.69) is 19.2 Å². The van der Waals surface area contributed by atoms with E-state index in [9.17, 15) is 15.0 Å². The summed E-state index contributed by atoms with van der Waals surface area (Å²) in [6, 6.07) is -0.616. The van der Waals surface area contributed by atoms with E-state index in [4.69, 9.17) is 0 Å². The van der Waals surface area contributed by atoms with Gasteiger partial charge in [0.05, 0.1) is 18.8 Å². The number of hydrogen-bond donors (Lipinski definition) is 3. The first-order chi connectivity index (χ1) is 24.2. The van der Waals surface area contributed by atoms with Gasteiger partial charge in [-0.1, -0.05) is 238 Å². The predicted molar refractivity (Wildman–Crippen MR) is 216 cm³/mol. The Bertz CT molecular complexity index is 666. The maximum atomic E-state index is 12.4. The Hall–Kier alpha value is -0.870. The minimum absolute atomic E-state index is 0.0593. The van der Waals surface area contributed by atoms with Crippen LogP contribution in [0.15, 0.2) is 12.2 Å². The Morgan fingerprint density at radius 3 is 1.06 bits per heavy atom. The summed E-state index contributed by atoms with van der Waals surface area (Å²) in [4.78, 5) is 12.4. The largest absolute Gasteiger partial charge is 0.394 e. The van der Waals surface area contributed by atoms with Gasteiger partial charge >= 0.3 is 0 Å². The standard InChI is InChI=1S/C45H89NO3/c1-3-5-7-9-11-13-15-17-19-21-22-23-25-26-28-30-32-34-36-38-40-44(48)43(42-47)46-45(49)41-39-37-35-33-31-29-27-24-20-18-16-14-12-10-8-6-4-2/h38,40,43-44,47-48H,3-37,39,41-42H2,1-2H3,(H,46,49)/b40-38+. The zero-order valence-electron chi connectivity index (χ0n) is 33.5. The molecule has 0 aromatic rings. The molecular formula is C45H89NO3. The molecule has 0 aliphatic heterocycles. The highest BCUT2D eigenvalue weighted by Gasteiger charge is 2.17. The van der Waals surface area contributed by atoms with Crippen molar-refractivity contribution < 1.29 is 15.0 Å². The van der Waals surface area contributed by atoms with E-state index >= 15 is 0 Å². The zero-order valence-corrected chi connectivity index (χ0v) is 33.5. The molecule has 0 spiro atoms. The maximum absolute atomic E-state index is 12.4.